The monoisotopic (exact) mass is 252 g/mol. The predicted octanol–water partition coefficient (Wildman–Crippen LogP) is 1.57. The van der Waals surface area contributed by atoms with E-state index in [1.165, 1.54) is 6.07 Å². The molecule has 0 aromatic heterocycles. The predicted molar refractivity (Wildman–Crippen MR) is 72.0 cm³/mol. The van der Waals surface area contributed by atoms with Crippen molar-refractivity contribution in [3.05, 3.63) is 23.8 Å². The van der Waals surface area contributed by atoms with Crippen LogP contribution in [-0.4, -0.2) is 35.9 Å². The molecule has 0 spiro atoms. The van der Waals surface area contributed by atoms with Gasteiger partial charge >= 0.3 is 5.97 Å². The third kappa shape index (κ3) is 3.63. The Labute approximate surface area is 107 Å². The van der Waals surface area contributed by atoms with Crippen LogP contribution in [-0.2, 0) is 0 Å². The van der Waals surface area contributed by atoms with E-state index in [4.69, 9.17) is 10.8 Å². The molecule has 0 saturated carbocycles. The third-order valence-electron chi connectivity index (χ3n) is 2.74. The minimum absolute atomic E-state index is 0.00680. The van der Waals surface area contributed by atoms with Gasteiger partial charge in [0, 0.05) is 18.8 Å². The number of nitrogen functional groups attached to an aromatic ring is 1. The highest BCUT2D eigenvalue weighted by atomic mass is 16.4. The zero-order valence-corrected chi connectivity index (χ0v) is 10.6. The van der Waals surface area contributed by atoms with E-state index in [0.717, 1.165) is 19.4 Å². The van der Waals surface area contributed by atoms with Crippen LogP contribution in [0.2, 0.25) is 0 Å². The molecule has 0 aliphatic carbocycles. The molecule has 5 heteroatoms. The van der Waals surface area contributed by atoms with Crippen molar-refractivity contribution < 1.29 is 15.0 Å². The molecule has 0 aliphatic heterocycles. The molecule has 0 amide bonds. The van der Waals surface area contributed by atoms with Gasteiger partial charge in [-0.2, -0.15) is 0 Å². The number of rotatable bonds is 7. The zero-order valence-electron chi connectivity index (χ0n) is 10.6. The molecule has 4 N–H and O–H groups in total. The van der Waals surface area contributed by atoms with Gasteiger partial charge in [0.1, 0.15) is 0 Å². The van der Waals surface area contributed by atoms with Gasteiger partial charge in [-0.25, -0.2) is 4.79 Å². The van der Waals surface area contributed by atoms with Crippen LogP contribution in [0.3, 0.4) is 0 Å². The fourth-order valence-electron chi connectivity index (χ4n) is 1.82. The molecule has 1 aromatic carbocycles. The number of aliphatic hydroxyl groups is 1. The number of anilines is 2. The first-order chi connectivity index (χ1) is 8.60. The van der Waals surface area contributed by atoms with Gasteiger partial charge in [-0.05, 0) is 24.6 Å². The molecular weight excluding hydrogens is 232 g/mol. The number of unbranched alkanes of at least 4 members (excludes halogenated alkanes) is 1. The van der Waals surface area contributed by atoms with Gasteiger partial charge in [-0.15, -0.1) is 0 Å². The number of nitrogens with zero attached hydrogens (tertiary/aromatic N) is 1. The van der Waals surface area contributed by atoms with Gasteiger partial charge in [-0.3, -0.25) is 0 Å². The topological polar surface area (TPSA) is 86.8 Å². The molecule has 0 radical (unpaired) electrons. The Hall–Kier alpha value is -1.75. The zero-order chi connectivity index (χ0) is 13.5. The minimum Gasteiger partial charge on any atom is -0.478 e. The Bertz CT molecular complexity index is 407. The molecule has 1 aromatic rings. The maximum Gasteiger partial charge on any atom is 0.337 e. The van der Waals surface area contributed by atoms with Crippen LogP contribution in [0, 0.1) is 0 Å². The van der Waals surface area contributed by atoms with Crippen molar-refractivity contribution in [2.24, 2.45) is 0 Å². The summed E-state index contributed by atoms with van der Waals surface area (Å²) in [6, 6.07) is 4.83. The number of aliphatic hydroxyl groups excluding tert-OH is 1. The number of carboxylic acid groups (broad SMARTS) is 1. The van der Waals surface area contributed by atoms with Crippen molar-refractivity contribution in [1.82, 2.24) is 0 Å². The minimum atomic E-state index is -1.00. The van der Waals surface area contributed by atoms with Gasteiger partial charge in [-0.1, -0.05) is 13.3 Å². The average Bonchev–Trinajstić information content (AvgIpc) is 2.34. The molecule has 0 heterocycles. The first kappa shape index (κ1) is 14.3. The van der Waals surface area contributed by atoms with E-state index in [9.17, 15) is 9.90 Å². The first-order valence-corrected chi connectivity index (χ1v) is 6.08. The SMILES string of the molecule is CCCCN(CCO)c1ccc(N)cc1C(=O)O. The standard InChI is InChI=1S/C13H20N2O3/c1-2-3-6-15(7-8-16)12-5-4-10(14)9-11(12)13(17)18/h4-5,9,16H,2-3,6-8,14H2,1H3,(H,17,18). The fraction of sp³-hybridized carbons (Fsp3) is 0.462. The van der Waals surface area contributed by atoms with Crippen molar-refractivity contribution in [2.75, 3.05) is 30.3 Å². The number of hydrogen-bond donors (Lipinski definition) is 3. The summed E-state index contributed by atoms with van der Waals surface area (Å²) >= 11 is 0. The van der Waals surface area contributed by atoms with Crippen molar-refractivity contribution in [2.45, 2.75) is 19.8 Å². The summed E-state index contributed by atoms with van der Waals surface area (Å²) < 4.78 is 0. The Morgan fingerprint density at radius 2 is 2.11 bits per heavy atom. The van der Waals surface area contributed by atoms with Crippen molar-refractivity contribution >= 4 is 17.3 Å². The molecule has 0 saturated heterocycles. The van der Waals surface area contributed by atoms with Gasteiger partial charge in [0.2, 0.25) is 0 Å². The van der Waals surface area contributed by atoms with Crippen LogP contribution < -0.4 is 10.6 Å². The number of nitrogens with two attached hydrogens (primary N) is 1. The van der Waals surface area contributed by atoms with Crippen LogP contribution in [0.4, 0.5) is 11.4 Å². The number of hydrogen-bond acceptors (Lipinski definition) is 4. The Kier molecular flexibility index (Phi) is 5.45. The van der Waals surface area contributed by atoms with E-state index in [2.05, 4.69) is 6.92 Å². The third-order valence-corrected chi connectivity index (χ3v) is 2.74. The summed E-state index contributed by atoms with van der Waals surface area (Å²) in [5.74, 6) is -1.00. The molecular formula is C13H20N2O3. The largest absolute Gasteiger partial charge is 0.478 e. The van der Waals surface area contributed by atoms with Crippen molar-refractivity contribution in [3.63, 3.8) is 0 Å². The molecule has 1 rings (SSSR count). The molecule has 0 bridgehead atoms. The van der Waals surface area contributed by atoms with E-state index >= 15 is 0 Å². The molecule has 0 fully saturated rings. The summed E-state index contributed by atoms with van der Waals surface area (Å²) in [6.07, 6.45) is 1.96. The Morgan fingerprint density at radius 1 is 1.39 bits per heavy atom. The van der Waals surface area contributed by atoms with Crippen LogP contribution in [0.1, 0.15) is 30.1 Å². The van der Waals surface area contributed by atoms with E-state index in [1.54, 1.807) is 12.1 Å². The Morgan fingerprint density at radius 3 is 2.67 bits per heavy atom. The number of aromatic carboxylic acids is 1. The lowest BCUT2D eigenvalue weighted by atomic mass is 10.1. The van der Waals surface area contributed by atoms with Crippen LogP contribution in [0.25, 0.3) is 0 Å². The highest BCUT2D eigenvalue weighted by Crippen LogP contribution is 2.23. The van der Waals surface area contributed by atoms with Gasteiger partial charge in [0.05, 0.1) is 17.9 Å². The highest BCUT2D eigenvalue weighted by Gasteiger charge is 2.15. The lowest BCUT2D eigenvalue weighted by molar-refractivity contribution is 0.0697. The van der Waals surface area contributed by atoms with Crippen LogP contribution in [0.15, 0.2) is 18.2 Å². The highest BCUT2D eigenvalue weighted by molar-refractivity contribution is 5.95. The maximum absolute atomic E-state index is 11.2. The van der Waals surface area contributed by atoms with E-state index in [0.29, 0.717) is 17.9 Å². The number of benzene rings is 1. The first-order valence-electron chi connectivity index (χ1n) is 6.08. The van der Waals surface area contributed by atoms with Crippen LogP contribution in [0.5, 0.6) is 0 Å². The average molecular weight is 252 g/mol. The summed E-state index contributed by atoms with van der Waals surface area (Å²) in [7, 11) is 0. The van der Waals surface area contributed by atoms with Gasteiger partial charge in [0.15, 0.2) is 0 Å². The van der Waals surface area contributed by atoms with Crippen LogP contribution >= 0.6 is 0 Å². The molecule has 100 valence electrons. The molecule has 0 aliphatic rings. The summed E-state index contributed by atoms with van der Waals surface area (Å²) in [5, 5.41) is 18.3. The normalized spacial score (nSPS) is 10.3. The Balaban J connectivity index is 3.05. The van der Waals surface area contributed by atoms with E-state index in [-0.39, 0.29) is 12.2 Å². The fourth-order valence-corrected chi connectivity index (χ4v) is 1.82. The second-order valence-electron chi connectivity index (χ2n) is 4.15. The molecule has 0 unspecified atom stereocenters. The van der Waals surface area contributed by atoms with Crippen molar-refractivity contribution in [3.8, 4) is 0 Å². The van der Waals surface area contributed by atoms with E-state index in [1.807, 2.05) is 4.90 Å². The summed E-state index contributed by atoms with van der Waals surface area (Å²) in [6.45, 7) is 3.21. The van der Waals surface area contributed by atoms with Gasteiger partial charge < -0.3 is 20.8 Å². The maximum atomic E-state index is 11.2. The summed E-state index contributed by atoms with van der Waals surface area (Å²) in [5.41, 5.74) is 6.83. The number of carboxylic acids is 1. The second kappa shape index (κ2) is 6.86. The second-order valence-corrected chi connectivity index (χ2v) is 4.15. The lowest BCUT2D eigenvalue weighted by Gasteiger charge is -2.25. The molecule has 18 heavy (non-hydrogen) atoms. The van der Waals surface area contributed by atoms with E-state index < -0.39 is 5.97 Å². The lowest BCUT2D eigenvalue weighted by Crippen LogP contribution is -2.29. The van der Waals surface area contributed by atoms with Crippen molar-refractivity contribution in [1.29, 1.82) is 0 Å². The molecule has 5 nitrogen and oxygen atoms in total. The number of carbonyl (C=O) groups is 1. The van der Waals surface area contributed by atoms with Gasteiger partial charge in [0.25, 0.3) is 0 Å². The molecule has 0 atom stereocenters. The smallest absolute Gasteiger partial charge is 0.337 e. The quantitative estimate of drug-likeness (QED) is 0.641. The summed E-state index contributed by atoms with van der Waals surface area (Å²) in [4.78, 5) is 13.1.